The SMILES string of the molecule is C=CCCCC(=O)N[C@@H](Cc1cccc(CC=C)c1)[C@H](O)CN[C@H]1CC2(CCC2)Oc2ncc(CC(C)(C)C)cc21. The highest BCUT2D eigenvalue weighted by atomic mass is 16.5. The smallest absolute Gasteiger partial charge is 0.220 e. The summed E-state index contributed by atoms with van der Waals surface area (Å²) in [5, 5.41) is 18.3. The second kappa shape index (κ2) is 13.8. The van der Waals surface area contributed by atoms with E-state index < -0.39 is 12.1 Å². The van der Waals surface area contributed by atoms with Crippen molar-refractivity contribution in [1.29, 1.82) is 0 Å². The topological polar surface area (TPSA) is 83.5 Å². The van der Waals surface area contributed by atoms with E-state index in [1.54, 1.807) is 0 Å². The minimum absolute atomic E-state index is 0.0287. The van der Waals surface area contributed by atoms with Crippen molar-refractivity contribution < 1.29 is 14.6 Å². The van der Waals surface area contributed by atoms with Crippen molar-refractivity contribution in [2.24, 2.45) is 5.41 Å². The average Bonchev–Trinajstić information content (AvgIpc) is 2.90. The van der Waals surface area contributed by atoms with Crippen molar-refractivity contribution >= 4 is 5.91 Å². The Morgan fingerprint density at radius 2 is 1.98 bits per heavy atom. The third-order valence-electron chi connectivity index (χ3n) is 8.22. The van der Waals surface area contributed by atoms with E-state index in [-0.39, 0.29) is 23.0 Å². The quantitative estimate of drug-likeness (QED) is 0.190. The number of rotatable bonds is 14. The van der Waals surface area contributed by atoms with Gasteiger partial charge in [-0.1, -0.05) is 57.2 Å². The highest BCUT2D eigenvalue weighted by Gasteiger charge is 2.46. The number of nitrogens with zero attached hydrogens (tertiary/aromatic N) is 1. The van der Waals surface area contributed by atoms with Crippen molar-refractivity contribution in [3.63, 3.8) is 0 Å². The molecule has 1 aliphatic carbocycles. The number of ether oxygens (including phenoxy) is 1. The fourth-order valence-corrected chi connectivity index (χ4v) is 6.03. The summed E-state index contributed by atoms with van der Waals surface area (Å²) in [6, 6.07) is 10.1. The highest BCUT2D eigenvalue weighted by Crippen LogP contribution is 2.48. The van der Waals surface area contributed by atoms with Crippen LogP contribution in [0.1, 0.15) is 94.0 Å². The van der Waals surface area contributed by atoms with Crippen LogP contribution in [0.25, 0.3) is 0 Å². The number of fused-ring (bicyclic) bond motifs is 1. The van der Waals surface area contributed by atoms with Crippen LogP contribution in [0.2, 0.25) is 0 Å². The van der Waals surface area contributed by atoms with Gasteiger partial charge in [0.15, 0.2) is 0 Å². The number of amides is 1. The molecule has 1 amide bonds. The Morgan fingerprint density at radius 1 is 1.20 bits per heavy atom. The molecule has 1 spiro atoms. The second-order valence-electron chi connectivity index (χ2n) is 13.2. The monoisotopic (exact) mass is 559 g/mol. The maximum absolute atomic E-state index is 12.8. The zero-order valence-electron chi connectivity index (χ0n) is 25.3. The number of allylic oxidation sites excluding steroid dienone is 2. The molecule has 41 heavy (non-hydrogen) atoms. The van der Waals surface area contributed by atoms with E-state index in [0.29, 0.717) is 25.3 Å². The first-order valence-corrected chi connectivity index (χ1v) is 15.3. The van der Waals surface area contributed by atoms with E-state index in [0.717, 1.165) is 62.5 Å². The summed E-state index contributed by atoms with van der Waals surface area (Å²) in [6.07, 6.45) is 13.2. The lowest BCUT2D eigenvalue weighted by atomic mass is 9.73. The zero-order valence-corrected chi connectivity index (χ0v) is 25.3. The van der Waals surface area contributed by atoms with Crippen LogP contribution < -0.4 is 15.4 Å². The van der Waals surface area contributed by atoms with Gasteiger partial charge < -0.3 is 20.5 Å². The average molecular weight is 560 g/mol. The van der Waals surface area contributed by atoms with Crippen molar-refractivity contribution in [3.8, 4) is 5.88 Å². The molecule has 6 heteroatoms. The number of unbranched alkanes of at least 4 members (excludes halogenated alkanes) is 1. The summed E-state index contributed by atoms with van der Waals surface area (Å²) in [4.78, 5) is 17.6. The molecule has 3 atom stereocenters. The van der Waals surface area contributed by atoms with E-state index in [1.165, 1.54) is 11.1 Å². The van der Waals surface area contributed by atoms with Gasteiger partial charge in [-0.15, -0.1) is 13.2 Å². The number of carbonyl (C=O) groups is 1. The lowest BCUT2D eigenvalue weighted by Gasteiger charge is -2.47. The van der Waals surface area contributed by atoms with Gasteiger partial charge in [-0.25, -0.2) is 4.98 Å². The Balaban J connectivity index is 1.50. The fraction of sp³-hybridized carbons (Fsp3) is 0.543. The Labute approximate surface area is 246 Å². The molecule has 4 rings (SSSR count). The lowest BCUT2D eigenvalue weighted by Crippen LogP contribution is -2.52. The number of aromatic nitrogens is 1. The predicted octanol–water partition coefficient (Wildman–Crippen LogP) is 6.18. The second-order valence-corrected chi connectivity index (χ2v) is 13.2. The van der Waals surface area contributed by atoms with Crippen LogP contribution in [0.3, 0.4) is 0 Å². The number of hydrogen-bond acceptors (Lipinski definition) is 5. The van der Waals surface area contributed by atoms with Crippen molar-refractivity contribution in [2.75, 3.05) is 6.54 Å². The number of pyridine rings is 1. The first-order chi connectivity index (χ1) is 19.6. The third-order valence-corrected chi connectivity index (χ3v) is 8.22. The maximum Gasteiger partial charge on any atom is 0.220 e. The van der Waals surface area contributed by atoms with Gasteiger partial charge in [-0.3, -0.25) is 4.79 Å². The summed E-state index contributed by atoms with van der Waals surface area (Å²) in [6.45, 7) is 14.7. The molecule has 0 bridgehead atoms. The van der Waals surface area contributed by atoms with Gasteiger partial charge in [-0.05, 0) is 79.5 Å². The summed E-state index contributed by atoms with van der Waals surface area (Å²) >= 11 is 0. The summed E-state index contributed by atoms with van der Waals surface area (Å²) in [5.41, 5.74) is 4.50. The summed E-state index contributed by atoms with van der Waals surface area (Å²) < 4.78 is 6.45. The van der Waals surface area contributed by atoms with Crippen LogP contribution in [0, 0.1) is 5.41 Å². The molecule has 0 radical (unpaired) electrons. The van der Waals surface area contributed by atoms with Gasteiger partial charge in [0.2, 0.25) is 11.8 Å². The molecule has 6 nitrogen and oxygen atoms in total. The van der Waals surface area contributed by atoms with E-state index in [9.17, 15) is 9.90 Å². The Bertz CT molecular complexity index is 1200. The van der Waals surface area contributed by atoms with E-state index in [2.05, 4.69) is 68.8 Å². The third kappa shape index (κ3) is 8.76. The molecular formula is C35H49N3O3. The maximum atomic E-state index is 12.8. The summed E-state index contributed by atoms with van der Waals surface area (Å²) in [5.74, 6) is 0.672. The number of aliphatic hydroxyl groups excluding tert-OH is 1. The van der Waals surface area contributed by atoms with E-state index in [4.69, 9.17) is 9.72 Å². The predicted molar refractivity (Wildman–Crippen MR) is 166 cm³/mol. The molecule has 0 unspecified atom stereocenters. The van der Waals surface area contributed by atoms with Gasteiger partial charge in [0.05, 0.1) is 12.1 Å². The first-order valence-electron chi connectivity index (χ1n) is 15.3. The molecule has 1 saturated carbocycles. The van der Waals surface area contributed by atoms with Gasteiger partial charge in [0, 0.05) is 37.2 Å². The van der Waals surface area contributed by atoms with Crippen molar-refractivity contribution in [2.45, 2.75) is 109 Å². The van der Waals surface area contributed by atoms with Crippen LogP contribution in [0.4, 0.5) is 0 Å². The molecule has 1 aromatic carbocycles. The molecule has 2 aromatic rings. The first kappa shape index (κ1) is 31.0. The van der Waals surface area contributed by atoms with Crippen molar-refractivity contribution in [1.82, 2.24) is 15.6 Å². The Hall–Kier alpha value is -2.96. The van der Waals surface area contributed by atoms with E-state index >= 15 is 0 Å². The minimum atomic E-state index is -0.768. The molecule has 1 aromatic heterocycles. The Kier molecular flexibility index (Phi) is 10.4. The van der Waals surface area contributed by atoms with E-state index in [1.807, 2.05) is 24.4 Å². The molecule has 3 N–H and O–H groups in total. The van der Waals surface area contributed by atoms with Crippen LogP contribution in [0.5, 0.6) is 5.88 Å². The van der Waals surface area contributed by atoms with Gasteiger partial charge >= 0.3 is 0 Å². The van der Waals surface area contributed by atoms with Crippen LogP contribution in [-0.4, -0.2) is 40.3 Å². The minimum Gasteiger partial charge on any atom is -0.471 e. The van der Waals surface area contributed by atoms with Gasteiger partial charge in [0.1, 0.15) is 5.60 Å². The van der Waals surface area contributed by atoms with Crippen LogP contribution in [0.15, 0.2) is 61.8 Å². The van der Waals surface area contributed by atoms with Crippen LogP contribution >= 0.6 is 0 Å². The highest BCUT2D eigenvalue weighted by molar-refractivity contribution is 5.76. The molecule has 0 saturated heterocycles. The molecule has 1 aliphatic heterocycles. The van der Waals surface area contributed by atoms with Crippen LogP contribution in [-0.2, 0) is 24.1 Å². The Morgan fingerprint density at radius 3 is 2.66 bits per heavy atom. The number of hydrogen-bond donors (Lipinski definition) is 3. The molecule has 222 valence electrons. The summed E-state index contributed by atoms with van der Waals surface area (Å²) in [7, 11) is 0. The number of carbonyl (C=O) groups excluding carboxylic acids is 1. The number of benzene rings is 1. The largest absolute Gasteiger partial charge is 0.471 e. The normalized spacial score (nSPS) is 18.9. The molecular weight excluding hydrogens is 510 g/mol. The number of nitrogens with one attached hydrogen (secondary N) is 2. The number of aliphatic hydroxyl groups is 1. The molecule has 2 aliphatic rings. The van der Waals surface area contributed by atoms with Crippen molar-refractivity contribution in [3.05, 3.63) is 84.1 Å². The molecule has 1 fully saturated rings. The van der Waals surface area contributed by atoms with Gasteiger partial charge in [0.25, 0.3) is 0 Å². The fourth-order valence-electron chi connectivity index (χ4n) is 6.03. The zero-order chi connectivity index (χ0) is 29.5. The van der Waals surface area contributed by atoms with Gasteiger partial charge in [-0.2, -0.15) is 0 Å². The lowest BCUT2D eigenvalue weighted by molar-refractivity contribution is -0.122. The molecule has 2 heterocycles. The standard InChI is InChI=1S/C35H49N3O3/c1-6-8-9-15-32(40)38-29(20-26-14-10-13-25(18-26)12-7-2)31(39)24-36-30-22-35(16-11-17-35)41-33-28(30)19-27(23-37-33)21-34(3,4)5/h6-7,10,13-14,18-19,23,29-31,36,39H,1-2,8-9,11-12,15-17,20-22,24H2,3-5H3,(H,38,40)/t29-,30-,31+/m0/s1.